The van der Waals surface area contributed by atoms with E-state index in [1.807, 2.05) is 18.2 Å². The van der Waals surface area contributed by atoms with Crippen LogP contribution < -0.4 is 9.47 Å². The predicted molar refractivity (Wildman–Crippen MR) is 99.5 cm³/mol. The summed E-state index contributed by atoms with van der Waals surface area (Å²) in [6, 6.07) is 6.30. The molecule has 4 nitrogen and oxygen atoms in total. The lowest BCUT2D eigenvalue weighted by Gasteiger charge is -2.42. The zero-order valence-corrected chi connectivity index (χ0v) is 15.6. The Morgan fingerprint density at radius 3 is 1.64 bits per heavy atom. The lowest BCUT2D eigenvalue weighted by atomic mass is 9.88. The van der Waals surface area contributed by atoms with E-state index in [0.717, 1.165) is 25.7 Å². The molecule has 0 unspecified atom stereocenters. The van der Waals surface area contributed by atoms with Crippen molar-refractivity contribution in [3.8, 4) is 11.5 Å². The van der Waals surface area contributed by atoms with Crippen molar-refractivity contribution in [3.63, 3.8) is 0 Å². The standard InChI is InChI=1S/C21H31NO3/c1-24-19-13-16(14-20(15-19)25-2)21(23)22(17-9-5-3-6-10-17)18-11-7-4-8-12-18/h13-15,17-18H,3-12H2,1-2H3. The highest BCUT2D eigenvalue weighted by atomic mass is 16.5. The molecular formula is C21H31NO3. The van der Waals surface area contributed by atoms with Gasteiger partial charge in [-0.25, -0.2) is 0 Å². The molecule has 0 saturated heterocycles. The van der Waals surface area contributed by atoms with Crippen LogP contribution in [-0.2, 0) is 0 Å². The molecular weight excluding hydrogens is 314 g/mol. The molecule has 2 fully saturated rings. The second-order valence-corrected chi connectivity index (χ2v) is 7.40. The van der Waals surface area contributed by atoms with Crippen LogP contribution >= 0.6 is 0 Å². The third-order valence-corrected chi connectivity index (χ3v) is 5.77. The molecule has 2 saturated carbocycles. The Kier molecular flexibility index (Phi) is 6.22. The fraction of sp³-hybridized carbons (Fsp3) is 0.667. The summed E-state index contributed by atoms with van der Waals surface area (Å²) in [5.74, 6) is 1.50. The first-order chi connectivity index (χ1) is 12.2. The first-order valence-corrected chi connectivity index (χ1v) is 9.78. The van der Waals surface area contributed by atoms with Gasteiger partial charge in [-0.3, -0.25) is 4.79 Å². The van der Waals surface area contributed by atoms with Crippen LogP contribution in [0.2, 0.25) is 0 Å². The molecule has 2 aliphatic carbocycles. The summed E-state index contributed by atoms with van der Waals surface area (Å²) in [5, 5.41) is 0. The van der Waals surface area contributed by atoms with E-state index in [1.165, 1.54) is 38.5 Å². The van der Waals surface area contributed by atoms with Gasteiger partial charge in [0.05, 0.1) is 14.2 Å². The van der Waals surface area contributed by atoms with Gasteiger partial charge >= 0.3 is 0 Å². The smallest absolute Gasteiger partial charge is 0.254 e. The highest BCUT2D eigenvalue weighted by Crippen LogP contribution is 2.33. The van der Waals surface area contributed by atoms with Gasteiger partial charge in [-0.2, -0.15) is 0 Å². The quantitative estimate of drug-likeness (QED) is 0.768. The molecule has 0 aromatic heterocycles. The van der Waals surface area contributed by atoms with Crippen molar-refractivity contribution >= 4 is 5.91 Å². The lowest BCUT2D eigenvalue weighted by molar-refractivity contribution is 0.0448. The number of nitrogens with zero attached hydrogens (tertiary/aromatic N) is 1. The van der Waals surface area contributed by atoms with Gasteiger partial charge in [0.25, 0.3) is 5.91 Å². The number of methoxy groups -OCH3 is 2. The summed E-state index contributed by atoms with van der Waals surface area (Å²) in [4.78, 5) is 15.7. The van der Waals surface area contributed by atoms with Gasteiger partial charge in [-0.1, -0.05) is 38.5 Å². The van der Waals surface area contributed by atoms with Crippen LogP contribution in [-0.4, -0.2) is 37.1 Å². The van der Waals surface area contributed by atoms with Crippen LogP contribution in [0.4, 0.5) is 0 Å². The number of carbonyl (C=O) groups is 1. The summed E-state index contributed by atoms with van der Waals surface area (Å²) in [7, 11) is 3.26. The molecule has 0 bridgehead atoms. The van der Waals surface area contributed by atoms with Crippen molar-refractivity contribution in [2.45, 2.75) is 76.3 Å². The molecule has 1 aromatic rings. The van der Waals surface area contributed by atoms with E-state index >= 15 is 0 Å². The topological polar surface area (TPSA) is 38.8 Å². The zero-order valence-electron chi connectivity index (χ0n) is 15.6. The molecule has 2 aliphatic rings. The van der Waals surface area contributed by atoms with Gasteiger partial charge in [0.2, 0.25) is 0 Å². The molecule has 1 aromatic carbocycles. The number of carbonyl (C=O) groups excluding carboxylic acids is 1. The Labute approximate surface area is 151 Å². The Balaban J connectivity index is 1.89. The number of benzene rings is 1. The summed E-state index contributed by atoms with van der Waals surface area (Å²) >= 11 is 0. The van der Waals surface area contributed by atoms with Crippen LogP contribution in [0.15, 0.2) is 18.2 Å². The predicted octanol–water partition coefficient (Wildman–Crippen LogP) is 4.81. The number of hydrogen-bond acceptors (Lipinski definition) is 3. The number of rotatable bonds is 5. The second-order valence-electron chi connectivity index (χ2n) is 7.40. The van der Waals surface area contributed by atoms with Crippen molar-refractivity contribution < 1.29 is 14.3 Å². The first-order valence-electron chi connectivity index (χ1n) is 9.78. The summed E-state index contributed by atoms with van der Waals surface area (Å²) < 4.78 is 10.7. The second kappa shape index (κ2) is 8.59. The van der Waals surface area contributed by atoms with Crippen molar-refractivity contribution in [3.05, 3.63) is 23.8 Å². The lowest BCUT2D eigenvalue weighted by Crippen LogP contribution is -2.48. The highest BCUT2D eigenvalue weighted by Gasteiger charge is 2.33. The van der Waals surface area contributed by atoms with E-state index in [-0.39, 0.29) is 5.91 Å². The molecule has 0 spiro atoms. The fourth-order valence-electron chi connectivity index (χ4n) is 4.43. The molecule has 1 amide bonds. The van der Waals surface area contributed by atoms with Crippen molar-refractivity contribution in [1.82, 2.24) is 4.90 Å². The number of ether oxygens (including phenoxy) is 2. The molecule has 138 valence electrons. The van der Waals surface area contributed by atoms with Gasteiger partial charge in [0, 0.05) is 23.7 Å². The Morgan fingerprint density at radius 1 is 0.800 bits per heavy atom. The maximum Gasteiger partial charge on any atom is 0.254 e. The molecule has 25 heavy (non-hydrogen) atoms. The van der Waals surface area contributed by atoms with Crippen LogP contribution in [0, 0.1) is 0 Å². The zero-order chi connectivity index (χ0) is 17.6. The Bertz CT molecular complexity index is 534. The molecule has 0 radical (unpaired) electrons. The summed E-state index contributed by atoms with van der Waals surface area (Å²) in [5.41, 5.74) is 0.687. The third-order valence-electron chi connectivity index (χ3n) is 5.77. The molecule has 0 atom stereocenters. The van der Waals surface area contributed by atoms with E-state index in [9.17, 15) is 4.79 Å². The SMILES string of the molecule is COc1cc(OC)cc(C(=O)N(C2CCCCC2)C2CCCCC2)c1. The summed E-state index contributed by atoms with van der Waals surface area (Å²) in [6.07, 6.45) is 12.1. The van der Waals surface area contributed by atoms with Gasteiger partial charge in [-0.05, 0) is 37.8 Å². The molecule has 0 heterocycles. The molecule has 3 rings (SSSR count). The third kappa shape index (κ3) is 4.28. The average Bonchev–Trinajstić information content (AvgIpc) is 2.69. The van der Waals surface area contributed by atoms with E-state index in [4.69, 9.17) is 9.47 Å². The maximum atomic E-state index is 13.5. The first kappa shape index (κ1) is 18.1. The van der Waals surface area contributed by atoms with Crippen molar-refractivity contribution in [2.75, 3.05) is 14.2 Å². The van der Waals surface area contributed by atoms with Gasteiger partial charge in [0.15, 0.2) is 0 Å². The van der Waals surface area contributed by atoms with Crippen LogP contribution in [0.25, 0.3) is 0 Å². The summed E-state index contributed by atoms with van der Waals surface area (Å²) in [6.45, 7) is 0. The molecule has 0 aliphatic heterocycles. The fourth-order valence-corrected chi connectivity index (χ4v) is 4.43. The van der Waals surface area contributed by atoms with Gasteiger partial charge < -0.3 is 14.4 Å². The monoisotopic (exact) mass is 345 g/mol. The minimum absolute atomic E-state index is 0.149. The average molecular weight is 345 g/mol. The van der Waals surface area contributed by atoms with E-state index in [1.54, 1.807) is 14.2 Å². The molecule has 0 N–H and O–H groups in total. The van der Waals surface area contributed by atoms with Crippen LogP contribution in [0.3, 0.4) is 0 Å². The van der Waals surface area contributed by atoms with Crippen molar-refractivity contribution in [2.24, 2.45) is 0 Å². The largest absolute Gasteiger partial charge is 0.497 e. The van der Waals surface area contributed by atoms with E-state index < -0.39 is 0 Å². The van der Waals surface area contributed by atoms with Gasteiger partial charge in [-0.15, -0.1) is 0 Å². The van der Waals surface area contributed by atoms with E-state index in [0.29, 0.717) is 29.1 Å². The van der Waals surface area contributed by atoms with Crippen molar-refractivity contribution in [1.29, 1.82) is 0 Å². The normalized spacial score (nSPS) is 19.4. The van der Waals surface area contributed by atoms with Crippen LogP contribution in [0.1, 0.15) is 74.6 Å². The van der Waals surface area contributed by atoms with Crippen LogP contribution in [0.5, 0.6) is 11.5 Å². The minimum atomic E-state index is 0.149. The molecule has 4 heteroatoms. The van der Waals surface area contributed by atoms with Gasteiger partial charge in [0.1, 0.15) is 11.5 Å². The Morgan fingerprint density at radius 2 is 1.24 bits per heavy atom. The maximum absolute atomic E-state index is 13.5. The van der Waals surface area contributed by atoms with E-state index in [2.05, 4.69) is 4.90 Å². The highest BCUT2D eigenvalue weighted by molar-refractivity contribution is 5.95. The Hall–Kier alpha value is -1.71. The minimum Gasteiger partial charge on any atom is -0.497 e. The number of hydrogen-bond donors (Lipinski definition) is 0. The number of amides is 1.